The predicted octanol–water partition coefficient (Wildman–Crippen LogP) is 6.81. The molecule has 3 rings (SSSR count). The van der Waals surface area contributed by atoms with E-state index in [2.05, 4.69) is 54.2 Å². The van der Waals surface area contributed by atoms with Gasteiger partial charge in [-0.1, -0.05) is 84.0 Å². The van der Waals surface area contributed by atoms with E-state index in [4.69, 9.17) is 9.47 Å². The van der Waals surface area contributed by atoms with Crippen molar-refractivity contribution in [1.82, 2.24) is 0 Å². The molecular formula is C28H34O3. The molecule has 31 heavy (non-hydrogen) atoms. The third kappa shape index (κ3) is 4.61. The maximum atomic E-state index is 13.7. The molecule has 0 aromatic heterocycles. The fourth-order valence-electron chi connectivity index (χ4n) is 4.09. The summed E-state index contributed by atoms with van der Waals surface area (Å²) in [6.07, 6.45) is 5.91. The molecule has 1 aliphatic carbocycles. The van der Waals surface area contributed by atoms with Gasteiger partial charge in [0, 0.05) is 17.0 Å². The molecular weight excluding hydrogens is 384 g/mol. The van der Waals surface area contributed by atoms with Gasteiger partial charge in [-0.05, 0) is 34.1 Å². The van der Waals surface area contributed by atoms with Crippen LogP contribution in [0.15, 0.2) is 55.1 Å². The normalized spacial score (nSPS) is 18.3. The minimum Gasteiger partial charge on any atom is -0.497 e. The van der Waals surface area contributed by atoms with Crippen LogP contribution in [0.5, 0.6) is 11.5 Å². The smallest absolute Gasteiger partial charge is 0.319 e. The second kappa shape index (κ2) is 8.37. The fraction of sp³-hybridized carbons (Fsp3) is 0.393. The lowest BCUT2D eigenvalue weighted by molar-refractivity contribution is -0.136. The quantitative estimate of drug-likeness (QED) is 0.311. The summed E-state index contributed by atoms with van der Waals surface area (Å²) in [4.78, 5) is 13.7. The molecule has 3 heteroatoms. The van der Waals surface area contributed by atoms with E-state index in [-0.39, 0.29) is 22.7 Å². The van der Waals surface area contributed by atoms with E-state index in [1.807, 2.05) is 48.6 Å². The van der Waals surface area contributed by atoms with Gasteiger partial charge in [0.05, 0.1) is 13.0 Å². The van der Waals surface area contributed by atoms with Crippen LogP contribution in [0.3, 0.4) is 0 Å². The molecule has 0 saturated heterocycles. The number of benzene rings is 2. The molecule has 0 amide bonds. The summed E-state index contributed by atoms with van der Waals surface area (Å²) in [6.45, 7) is 16.7. The number of rotatable bonds is 4. The Bertz CT molecular complexity index is 980. The first-order valence-electron chi connectivity index (χ1n) is 10.8. The number of methoxy groups -OCH3 is 1. The number of ether oxygens (including phenoxy) is 2. The maximum Gasteiger partial charge on any atom is 0.319 e. The van der Waals surface area contributed by atoms with Crippen LogP contribution in [0.4, 0.5) is 0 Å². The van der Waals surface area contributed by atoms with Gasteiger partial charge in [0.25, 0.3) is 0 Å². The van der Waals surface area contributed by atoms with Gasteiger partial charge in [-0.2, -0.15) is 0 Å². The van der Waals surface area contributed by atoms with Crippen molar-refractivity contribution in [2.75, 3.05) is 7.11 Å². The molecule has 164 valence electrons. The standard InChI is InChI=1S/C28H34O3/c1-9-18-14-15-19-12-10-11-13-21(19)24(18)26(29)31-25-22(27(2,3)4)16-20(30-8)17-23(25)28(5,6)7/h9-18,24H,1H2,2-8H3/t18-,24-/m0/s1. The Labute approximate surface area is 186 Å². The summed E-state index contributed by atoms with van der Waals surface area (Å²) >= 11 is 0. The van der Waals surface area contributed by atoms with Gasteiger partial charge in [0.2, 0.25) is 0 Å². The number of hydrogen-bond acceptors (Lipinski definition) is 3. The lowest BCUT2D eigenvalue weighted by atomic mass is 9.78. The van der Waals surface area contributed by atoms with E-state index >= 15 is 0 Å². The lowest BCUT2D eigenvalue weighted by Crippen LogP contribution is -2.29. The largest absolute Gasteiger partial charge is 0.497 e. The third-order valence-electron chi connectivity index (χ3n) is 5.86. The van der Waals surface area contributed by atoms with Crippen molar-refractivity contribution < 1.29 is 14.3 Å². The third-order valence-corrected chi connectivity index (χ3v) is 5.86. The van der Waals surface area contributed by atoms with Crippen LogP contribution in [-0.2, 0) is 15.6 Å². The summed E-state index contributed by atoms with van der Waals surface area (Å²) in [5, 5.41) is 0. The van der Waals surface area contributed by atoms with Crippen LogP contribution in [0.1, 0.15) is 69.7 Å². The molecule has 0 aliphatic heterocycles. The molecule has 2 aromatic rings. The zero-order valence-corrected chi connectivity index (χ0v) is 19.8. The SMILES string of the molecule is C=C[C@H]1C=Cc2ccccc2[C@H]1C(=O)Oc1c(C(C)(C)C)cc(OC)cc1C(C)(C)C. The van der Waals surface area contributed by atoms with Gasteiger partial charge in [-0.25, -0.2) is 0 Å². The van der Waals surface area contributed by atoms with E-state index in [0.717, 1.165) is 28.0 Å². The van der Waals surface area contributed by atoms with Crippen molar-refractivity contribution in [1.29, 1.82) is 0 Å². The minimum absolute atomic E-state index is 0.114. The van der Waals surface area contributed by atoms with Crippen LogP contribution >= 0.6 is 0 Å². The molecule has 0 unspecified atom stereocenters. The summed E-state index contributed by atoms with van der Waals surface area (Å²) in [5.41, 5.74) is 3.48. The van der Waals surface area contributed by atoms with E-state index in [1.165, 1.54) is 0 Å². The molecule has 0 heterocycles. The number of allylic oxidation sites excluding steroid dienone is 2. The van der Waals surface area contributed by atoms with Gasteiger partial charge >= 0.3 is 5.97 Å². The maximum absolute atomic E-state index is 13.7. The van der Waals surface area contributed by atoms with Gasteiger partial charge in [-0.15, -0.1) is 6.58 Å². The molecule has 2 aromatic carbocycles. The Morgan fingerprint density at radius 3 is 2.10 bits per heavy atom. The first kappa shape index (κ1) is 22.9. The predicted molar refractivity (Wildman–Crippen MR) is 128 cm³/mol. The van der Waals surface area contributed by atoms with Crippen molar-refractivity contribution >= 4 is 12.0 Å². The van der Waals surface area contributed by atoms with Crippen molar-refractivity contribution in [3.8, 4) is 11.5 Å². The van der Waals surface area contributed by atoms with E-state index in [9.17, 15) is 4.79 Å². The Morgan fingerprint density at radius 1 is 1.00 bits per heavy atom. The number of carbonyl (C=O) groups is 1. The number of carbonyl (C=O) groups excluding carboxylic acids is 1. The van der Waals surface area contributed by atoms with E-state index in [1.54, 1.807) is 7.11 Å². The molecule has 0 spiro atoms. The van der Waals surface area contributed by atoms with Crippen molar-refractivity contribution in [3.05, 3.63) is 77.4 Å². The summed E-state index contributed by atoms with van der Waals surface area (Å²) in [7, 11) is 1.67. The summed E-state index contributed by atoms with van der Waals surface area (Å²) in [5.74, 6) is 0.603. The number of hydrogen-bond donors (Lipinski definition) is 0. The molecule has 0 saturated carbocycles. The van der Waals surface area contributed by atoms with Gasteiger partial charge in [0.1, 0.15) is 11.5 Å². The molecule has 0 bridgehead atoms. The highest BCUT2D eigenvalue weighted by Crippen LogP contribution is 2.44. The topological polar surface area (TPSA) is 35.5 Å². The molecule has 1 aliphatic rings. The first-order valence-corrected chi connectivity index (χ1v) is 10.8. The summed E-state index contributed by atoms with van der Waals surface area (Å²) in [6, 6.07) is 11.9. The van der Waals surface area contributed by atoms with Crippen molar-refractivity contribution in [2.45, 2.75) is 58.3 Å². The van der Waals surface area contributed by atoms with Crippen molar-refractivity contribution in [2.24, 2.45) is 5.92 Å². The average molecular weight is 419 g/mol. The van der Waals surface area contributed by atoms with Gasteiger partial charge in [0.15, 0.2) is 0 Å². The molecule has 3 nitrogen and oxygen atoms in total. The molecule has 0 N–H and O–H groups in total. The average Bonchev–Trinajstić information content (AvgIpc) is 2.71. The lowest BCUT2D eigenvalue weighted by Gasteiger charge is -2.32. The van der Waals surface area contributed by atoms with Crippen LogP contribution in [0.25, 0.3) is 6.08 Å². The molecule has 2 atom stereocenters. The van der Waals surface area contributed by atoms with Crippen LogP contribution in [-0.4, -0.2) is 13.1 Å². The first-order chi connectivity index (χ1) is 14.5. The highest BCUT2D eigenvalue weighted by Gasteiger charge is 2.35. The molecule has 0 radical (unpaired) electrons. The Morgan fingerprint density at radius 2 is 1.58 bits per heavy atom. The number of fused-ring (bicyclic) bond motifs is 1. The second-order valence-electron chi connectivity index (χ2n) is 10.3. The van der Waals surface area contributed by atoms with E-state index in [0.29, 0.717) is 5.75 Å². The zero-order chi connectivity index (χ0) is 23.0. The van der Waals surface area contributed by atoms with Gasteiger partial charge in [-0.3, -0.25) is 4.79 Å². The summed E-state index contributed by atoms with van der Waals surface area (Å²) < 4.78 is 11.9. The van der Waals surface area contributed by atoms with E-state index < -0.39 is 5.92 Å². The Kier molecular flexibility index (Phi) is 6.18. The van der Waals surface area contributed by atoms with Crippen molar-refractivity contribution in [3.63, 3.8) is 0 Å². The minimum atomic E-state index is -0.429. The molecule has 0 fully saturated rings. The Hall–Kier alpha value is -2.81. The fourth-order valence-corrected chi connectivity index (χ4v) is 4.09. The van der Waals surface area contributed by atoms with Crippen LogP contribution < -0.4 is 9.47 Å². The second-order valence-corrected chi connectivity index (χ2v) is 10.3. The van der Waals surface area contributed by atoms with Crippen LogP contribution in [0, 0.1) is 5.92 Å². The monoisotopic (exact) mass is 418 g/mol. The Balaban J connectivity index is 2.14. The van der Waals surface area contributed by atoms with Crippen LogP contribution in [0.2, 0.25) is 0 Å². The zero-order valence-electron chi connectivity index (χ0n) is 19.8. The van der Waals surface area contributed by atoms with Gasteiger partial charge < -0.3 is 9.47 Å². The highest BCUT2D eigenvalue weighted by atomic mass is 16.5. The highest BCUT2D eigenvalue weighted by molar-refractivity contribution is 5.85. The number of esters is 1.